The van der Waals surface area contributed by atoms with E-state index in [-0.39, 0.29) is 25.0 Å². The van der Waals surface area contributed by atoms with Gasteiger partial charge in [0.15, 0.2) is 4.80 Å². The Bertz CT molecular complexity index is 852. The highest BCUT2D eigenvalue weighted by Gasteiger charge is 2.29. The van der Waals surface area contributed by atoms with E-state index in [0.717, 1.165) is 17.5 Å². The van der Waals surface area contributed by atoms with Crippen molar-refractivity contribution in [1.82, 2.24) is 4.57 Å². The van der Waals surface area contributed by atoms with Crippen LogP contribution in [-0.2, 0) is 20.9 Å². The number of hydrogen-bond acceptors (Lipinski definition) is 4. The SMILES string of the molecule is CCOC(=O)Cn1c(=NC(=O)C2CC2)sc2cc(Cl)cc(Cl)c21. The van der Waals surface area contributed by atoms with Gasteiger partial charge >= 0.3 is 5.97 Å². The summed E-state index contributed by atoms with van der Waals surface area (Å²) in [6.07, 6.45) is 1.75. The van der Waals surface area contributed by atoms with E-state index in [9.17, 15) is 9.59 Å². The maximum atomic E-state index is 12.0. The molecule has 1 heterocycles. The number of halogens is 2. The lowest BCUT2D eigenvalue weighted by atomic mass is 10.3. The van der Waals surface area contributed by atoms with E-state index in [1.165, 1.54) is 11.3 Å². The first-order valence-corrected chi connectivity index (χ1v) is 8.79. The average Bonchev–Trinajstić information content (AvgIpc) is 3.25. The fourth-order valence-corrected chi connectivity index (χ4v) is 4.03. The number of ether oxygens (including phenoxy) is 1. The molecule has 0 atom stereocenters. The van der Waals surface area contributed by atoms with Crippen molar-refractivity contribution in [2.45, 2.75) is 26.3 Å². The van der Waals surface area contributed by atoms with Crippen molar-refractivity contribution < 1.29 is 14.3 Å². The van der Waals surface area contributed by atoms with Crippen LogP contribution in [0.15, 0.2) is 17.1 Å². The van der Waals surface area contributed by atoms with E-state index in [1.54, 1.807) is 23.6 Å². The number of fused-ring (bicyclic) bond motifs is 1. The van der Waals surface area contributed by atoms with Crippen LogP contribution in [0.25, 0.3) is 10.2 Å². The highest BCUT2D eigenvalue weighted by molar-refractivity contribution is 7.16. The topological polar surface area (TPSA) is 60.7 Å². The molecule has 1 aromatic carbocycles. The van der Waals surface area contributed by atoms with Gasteiger partial charge in [-0.3, -0.25) is 9.59 Å². The van der Waals surface area contributed by atoms with E-state index in [0.29, 0.717) is 20.4 Å². The minimum absolute atomic E-state index is 0.00955. The summed E-state index contributed by atoms with van der Waals surface area (Å²) in [7, 11) is 0. The molecule has 0 aliphatic heterocycles. The van der Waals surface area contributed by atoms with Gasteiger partial charge in [0.1, 0.15) is 6.54 Å². The molecule has 2 aromatic rings. The van der Waals surface area contributed by atoms with Crippen LogP contribution in [0.1, 0.15) is 19.8 Å². The summed E-state index contributed by atoms with van der Waals surface area (Å²) in [5.74, 6) is -0.551. The number of hydrogen-bond donors (Lipinski definition) is 0. The number of aromatic nitrogens is 1. The largest absolute Gasteiger partial charge is 0.465 e. The van der Waals surface area contributed by atoms with Crippen LogP contribution in [0.4, 0.5) is 0 Å². The molecule has 0 bridgehead atoms. The smallest absolute Gasteiger partial charge is 0.326 e. The van der Waals surface area contributed by atoms with E-state index in [2.05, 4.69) is 4.99 Å². The first kappa shape index (κ1) is 16.5. The van der Waals surface area contributed by atoms with Gasteiger partial charge in [-0.15, -0.1) is 0 Å². The minimum atomic E-state index is -0.404. The lowest BCUT2D eigenvalue weighted by Gasteiger charge is -2.06. The first-order valence-electron chi connectivity index (χ1n) is 7.22. The third-order valence-electron chi connectivity index (χ3n) is 3.42. The van der Waals surface area contributed by atoms with Gasteiger partial charge in [-0.05, 0) is 31.9 Å². The van der Waals surface area contributed by atoms with Crippen LogP contribution in [0.5, 0.6) is 0 Å². The average molecular weight is 373 g/mol. The summed E-state index contributed by atoms with van der Waals surface area (Å²) < 4.78 is 7.39. The summed E-state index contributed by atoms with van der Waals surface area (Å²) in [6.45, 7) is 1.98. The standard InChI is InChI=1S/C15H14Cl2N2O3S/c1-2-22-12(20)7-19-13-10(17)5-9(16)6-11(13)23-15(19)18-14(21)8-3-4-8/h5-6,8H,2-4,7H2,1H3. The molecule has 1 amide bonds. The molecular weight excluding hydrogens is 359 g/mol. The molecule has 1 saturated carbocycles. The summed E-state index contributed by atoms with van der Waals surface area (Å²) in [5.41, 5.74) is 0.636. The quantitative estimate of drug-likeness (QED) is 0.772. The highest BCUT2D eigenvalue weighted by atomic mass is 35.5. The second-order valence-corrected chi connectivity index (χ2v) is 7.09. The van der Waals surface area contributed by atoms with Crippen LogP contribution in [0.3, 0.4) is 0 Å². The van der Waals surface area contributed by atoms with Crippen molar-refractivity contribution in [1.29, 1.82) is 0 Å². The molecule has 8 heteroatoms. The van der Waals surface area contributed by atoms with Crippen molar-refractivity contribution in [2.75, 3.05) is 6.61 Å². The van der Waals surface area contributed by atoms with Crippen LogP contribution in [0.2, 0.25) is 10.0 Å². The molecule has 23 heavy (non-hydrogen) atoms. The second-order valence-electron chi connectivity index (χ2n) is 5.23. The maximum Gasteiger partial charge on any atom is 0.326 e. The van der Waals surface area contributed by atoms with Gasteiger partial charge < -0.3 is 9.30 Å². The Morgan fingerprint density at radius 1 is 1.39 bits per heavy atom. The zero-order chi connectivity index (χ0) is 16.6. The summed E-state index contributed by atoms with van der Waals surface area (Å²) in [5, 5.41) is 0.903. The van der Waals surface area contributed by atoms with Crippen molar-refractivity contribution in [3.63, 3.8) is 0 Å². The van der Waals surface area contributed by atoms with Gasteiger partial charge in [-0.2, -0.15) is 4.99 Å². The zero-order valence-corrected chi connectivity index (χ0v) is 14.7. The third kappa shape index (κ3) is 3.59. The molecular formula is C15H14Cl2N2O3S. The summed E-state index contributed by atoms with van der Waals surface area (Å²) >= 11 is 13.6. The third-order valence-corrected chi connectivity index (χ3v) is 4.95. The molecule has 1 aliphatic rings. The van der Waals surface area contributed by atoms with E-state index in [4.69, 9.17) is 27.9 Å². The first-order chi connectivity index (χ1) is 11.0. The highest BCUT2D eigenvalue weighted by Crippen LogP contribution is 2.31. The molecule has 0 saturated heterocycles. The Hall–Kier alpha value is -1.37. The van der Waals surface area contributed by atoms with Crippen molar-refractivity contribution >= 4 is 56.6 Å². The van der Waals surface area contributed by atoms with E-state index in [1.807, 2.05) is 0 Å². The molecule has 5 nitrogen and oxygen atoms in total. The molecule has 1 aromatic heterocycles. The lowest BCUT2D eigenvalue weighted by molar-refractivity contribution is -0.143. The number of rotatable bonds is 4. The predicted molar refractivity (Wildman–Crippen MR) is 89.8 cm³/mol. The maximum absolute atomic E-state index is 12.0. The summed E-state index contributed by atoms with van der Waals surface area (Å²) in [4.78, 5) is 28.5. The van der Waals surface area contributed by atoms with Gasteiger partial charge in [0.05, 0.1) is 21.8 Å². The number of esters is 1. The molecule has 0 radical (unpaired) electrons. The Kier molecular flexibility index (Phi) is 4.75. The second kappa shape index (κ2) is 6.63. The van der Waals surface area contributed by atoms with Crippen LogP contribution >= 0.6 is 34.5 Å². The Labute approximate surface area is 146 Å². The van der Waals surface area contributed by atoms with Crippen molar-refractivity contribution in [3.05, 3.63) is 27.0 Å². The Morgan fingerprint density at radius 2 is 2.13 bits per heavy atom. The predicted octanol–water partition coefficient (Wildman–Crippen LogP) is 3.41. The number of thiazole rings is 1. The number of carbonyl (C=O) groups is 2. The molecule has 3 rings (SSSR count). The van der Waals surface area contributed by atoms with E-state index < -0.39 is 5.97 Å². The number of benzene rings is 1. The fraction of sp³-hybridized carbons (Fsp3) is 0.400. The Morgan fingerprint density at radius 3 is 2.78 bits per heavy atom. The summed E-state index contributed by atoms with van der Waals surface area (Å²) in [6, 6.07) is 3.35. The zero-order valence-electron chi connectivity index (χ0n) is 12.3. The molecule has 1 aliphatic carbocycles. The van der Waals surface area contributed by atoms with Gasteiger partial charge in [0, 0.05) is 10.9 Å². The molecule has 1 fully saturated rings. The van der Waals surface area contributed by atoms with Crippen LogP contribution in [0, 0.1) is 5.92 Å². The molecule has 122 valence electrons. The van der Waals surface area contributed by atoms with Gasteiger partial charge in [0.25, 0.3) is 5.91 Å². The minimum Gasteiger partial charge on any atom is -0.465 e. The number of carbonyl (C=O) groups excluding carboxylic acids is 2. The van der Waals surface area contributed by atoms with Crippen LogP contribution < -0.4 is 4.80 Å². The molecule has 0 spiro atoms. The van der Waals surface area contributed by atoms with E-state index >= 15 is 0 Å². The molecule has 0 unspecified atom stereocenters. The normalized spacial score (nSPS) is 15.2. The number of amides is 1. The van der Waals surface area contributed by atoms with Gasteiger partial charge in [-0.25, -0.2) is 0 Å². The van der Waals surface area contributed by atoms with Gasteiger partial charge in [-0.1, -0.05) is 34.5 Å². The van der Waals surface area contributed by atoms with Gasteiger partial charge in [0.2, 0.25) is 0 Å². The monoisotopic (exact) mass is 372 g/mol. The lowest BCUT2D eigenvalue weighted by Crippen LogP contribution is -2.23. The van der Waals surface area contributed by atoms with Crippen molar-refractivity contribution in [3.8, 4) is 0 Å². The number of nitrogens with zero attached hydrogens (tertiary/aromatic N) is 2. The van der Waals surface area contributed by atoms with Crippen molar-refractivity contribution in [2.24, 2.45) is 10.9 Å². The fourth-order valence-electron chi connectivity index (χ4n) is 2.21. The Balaban J connectivity index is 2.15. The molecule has 0 N–H and O–H groups in total. The van der Waals surface area contributed by atoms with Crippen LogP contribution in [-0.4, -0.2) is 23.1 Å².